The third-order valence-electron chi connectivity index (χ3n) is 2.01. The van der Waals surface area contributed by atoms with Crippen molar-refractivity contribution in [2.45, 2.75) is 13.1 Å². The molecule has 0 aliphatic carbocycles. The summed E-state index contributed by atoms with van der Waals surface area (Å²) in [5.74, 6) is -0.945. The summed E-state index contributed by atoms with van der Waals surface area (Å²) in [6, 6.07) is 1.63. The summed E-state index contributed by atoms with van der Waals surface area (Å²) in [5.41, 5.74) is 0.179. The van der Waals surface area contributed by atoms with E-state index in [4.69, 9.17) is 0 Å². The highest BCUT2D eigenvalue weighted by Gasteiger charge is 2.35. The summed E-state index contributed by atoms with van der Waals surface area (Å²) in [5, 5.41) is 3.33. The van der Waals surface area contributed by atoms with Gasteiger partial charge in [-0.05, 0) is 13.0 Å². The first kappa shape index (κ1) is 10.7. The number of alkyl halides is 3. The molecule has 0 saturated carbocycles. The van der Waals surface area contributed by atoms with Gasteiger partial charge in [0.1, 0.15) is 11.5 Å². The van der Waals surface area contributed by atoms with Crippen LogP contribution in [0, 0.1) is 0 Å². The molecule has 2 heterocycles. The number of fused-ring (bicyclic) bond motifs is 1. The molecule has 0 aliphatic rings. The molecule has 0 spiro atoms. The van der Waals surface area contributed by atoms with E-state index in [-0.39, 0.29) is 11.5 Å². The number of anilines is 1. The minimum atomic E-state index is -4.54. The number of hydrogen-bond acceptors (Lipinski definition) is 3. The fourth-order valence-electron chi connectivity index (χ4n) is 1.37. The third-order valence-corrected chi connectivity index (χ3v) is 2.01. The standard InChI is InChI=1S/C9H9F3N4/c1-2-13-6-5-3-4-14-7(5)16-8(15-6)9(10,11)12/h3-4H,2H2,1H3,(H2,13,14,15,16). The van der Waals surface area contributed by atoms with Crippen molar-refractivity contribution in [2.24, 2.45) is 0 Å². The van der Waals surface area contributed by atoms with Crippen molar-refractivity contribution in [3.8, 4) is 0 Å². The van der Waals surface area contributed by atoms with Crippen LogP contribution in [0.15, 0.2) is 12.3 Å². The summed E-state index contributed by atoms with van der Waals surface area (Å²) in [6.07, 6.45) is -3.01. The molecule has 7 heteroatoms. The lowest BCUT2D eigenvalue weighted by Gasteiger charge is -2.08. The average Bonchev–Trinajstić information content (AvgIpc) is 2.64. The van der Waals surface area contributed by atoms with Crippen molar-refractivity contribution >= 4 is 16.9 Å². The topological polar surface area (TPSA) is 53.6 Å². The van der Waals surface area contributed by atoms with Crippen LogP contribution in [-0.4, -0.2) is 21.5 Å². The first-order valence-electron chi connectivity index (χ1n) is 4.68. The molecule has 2 aromatic heterocycles. The maximum absolute atomic E-state index is 12.5. The molecular formula is C9H9F3N4. The normalized spacial score (nSPS) is 12.0. The van der Waals surface area contributed by atoms with Gasteiger partial charge in [-0.3, -0.25) is 0 Å². The molecule has 4 nitrogen and oxygen atoms in total. The Kier molecular flexibility index (Phi) is 2.45. The Morgan fingerprint density at radius 2 is 2.12 bits per heavy atom. The highest BCUT2D eigenvalue weighted by atomic mass is 19.4. The van der Waals surface area contributed by atoms with E-state index in [1.807, 2.05) is 0 Å². The molecule has 86 valence electrons. The number of nitrogens with zero attached hydrogens (tertiary/aromatic N) is 2. The quantitative estimate of drug-likeness (QED) is 0.832. The van der Waals surface area contributed by atoms with E-state index in [9.17, 15) is 13.2 Å². The lowest BCUT2D eigenvalue weighted by Crippen LogP contribution is -2.13. The predicted octanol–water partition coefficient (Wildman–Crippen LogP) is 2.41. The van der Waals surface area contributed by atoms with Crippen LogP contribution in [0.3, 0.4) is 0 Å². The summed E-state index contributed by atoms with van der Waals surface area (Å²) < 4.78 is 37.4. The fourth-order valence-corrected chi connectivity index (χ4v) is 1.37. The number of nitrogens with one attached hydrogen (secondary N) is 2. The van der Waals surface area contributed by atoms with E-state index in [2.05, 4.69) is 20.3 Å². The van der Waals surface area contributed by atoms with Gasteiger partial charge in [0.15, 0.2) is 0 Å². The maximum atomic E-state index is 12.5. The molecule has 0 aliphatic heterocycles. The largest absolute Gasteiger partial charge is 0.451 e. The molecule has 0 atom stereocenters. The monoisotopic (exact) mass is 230 g/mol. The highest BCUT2D eigenvalue weighted by molar-refractivity contribution is 5.86. The van der Waals surface area contributed by atoms with E-state index >= 15 is 0 Å². The van der Waals surface area contributed by atoms with E-state index in [0.717, 1.165) is 0 Å². The van der Waals surface area contributed by atoms with Crippen LogP contribution < -0.4 is 5.32 Å². The minimum Gasteiger partial charge on any atom is -0.370 e. The van der Waals surface area contributed by atoms with Crippen LogP contribution in [-0.2, 0) is 6.18 Å². The van der Waals surface area contributed by atoms with Gasteiger partial charge in [0, 0.05) is 12.7 Å². The molecule has 0 radical (unpaired) electrons. The van der Waals surface area contributed by atoms with Gasteiger partial charge in [-0.2, -0.15) is 13.2 Å². The lowest BCUT2D eigenvalue weighted by molar-refractivity contribution is -0.144. The summed E-state index contributed by atoms with van der Waals surface area (Å²) in [4.78, 5) is 9.52. The van der Waals surface area contributed by atoms with E-state index in [0.29, 0.717) is 11.9 Å². The number of rotatable bonds is 2. The summed E-state index contributed by atoms with van der Waals surface area (Å²) >= 11 is 0. The average molecular weight is 230 g/mol. The molecule has 16 heavy (non-hydrogen) atoms. The number of halogens is 3. The fraction of sp³-hybridized carbons (Fsp3) is 0.333. The highest BCUT2D eigenvalue weighted by Crippen LogP contribution is 2.29. The van der Waals surface area contributed by atoms with Gasteiger partial charge < -0.3 is 10.3 Å². The third kappa shape index (κ3) is 1.80. The Morgan fingerprint density at radius 3 is 2.75 bits per heavy atom. The molecule has 0 aromatic carbocycles. The Balaban J connectivity index is 2.61. The van der Waals surface area contributed by atoms with Crippen molar-refractivity contribution in [3.05, 3.63) is 18.1 Å². The first-order valence-corrected chi connectivity index (χ1v) is 4.68. The molecule has 0 unspecified atom stereocenters. The number of H-pyrrole nitrogens is 1. The zero-order chi connectivity index (χ0) is 11.8. The van der Waals surface area contributed by atoms with Crippen LogP contribution in [0.1, 0.15) is 12.7 Å². The van der Waals surface area contributed by atoms with Gasteiger partial charge in [0.2, 0.25) is 5.82 Å². The molecule has 0 saturated heterocycles. The Labute approximate surface area is 88.9 Å². The Bertz CT molecular complexity index is 503. The maximum Gasteiger partial charge on any atom is 0.451 e. The summed E-state index contributed by atoms with van der Waals surface area (Å²) in [6.45, 7) is 2.28. The second-order valence-corrected chi connectivity index (χ2v) is 3.16. The number of aromatic amines is 1. The van der Waals surface area contributed by atoms with E-state index in [1.54, 1.807) is 13.0 Å². The van der Waals surface area contributed by atoms with Crippen LogP contribution in [0.4, 0.5) is 19.0 Å². The van der Waals surface area contributed by atoms with Crippen LogP contribution in [0.5, 0.6) is 0 Å². The van der Waals surface area contributed by atoms with Crippen molar-refractivity contribution in [1.29, 1.82) is 0 Å². The van der Waals surface area contributed by atoms with E-state index < -0.39 is 12.0 Å². The van der Waals surface area contributed by atoms with Crippen molar-refractivity contribution in [1.82, 2.24) is 15.0 Å². The van der Waals surface area contributed by atoms with Crippen molar-refractivity contribution in [2.75, 3.05) is 11.9 Å². The predicted molar refractivity (Wildman–Crippen MR) is 53.1 cm³/mol. The lowest BCUT2D eigenvalue weighted by atomic mass is 10.3. The zero-order valence-electron chi connectivity index (χ0n) is 8.39. The minimum absolute atomic E-state index is 0.179. The molecular weight excluding hydrogens is 221 g/mol. The molecule has 0 fully saturated rings. The van der Waals surface area contributed by atoms with Gasteiger partial charge >= 0.3 is 6.18 Å². The Morgan fingerprint density at radius 1 is 1.38 bits per heavy atom. The van der Waals surface area contributed by atoms with Crippen molar-refractivity contribution < 1.29 is 13.2 Å². The van der Waals surface area contributed by atoms with Crippen molar-refractivity contribution in [3.63, 3.8) is 0 Å². The van der Waals surface area contributed by atoms with Crippen LogP contribution in [0.2, 0.25) is 0 Å². The zero-order valence-corrected chi connectivity index (χ0v) is 8.39. The SMILES string of the molecule is CCNc1nc(C(F)(F)F)nc2[nH]ccc12. The number of hydrogen-bond donors (Lipinski definition) is 2. The van der Waals surface area contributed by atoms with Gasteiger partial charge in [0.05, 0.1) is 5.39 Å². The second kappa shape index (κ2) is 3.66. The van der Waals surface area contributed by atoms with Gasteiger partial charge in [-0.25, -0.2) is 9.97 Å². The first-order chi connectivity index (χ1) is 7.52. The molecule has 0 amide bonds. The second-order valence-electron chi connectivity index (χ2n) is 3.16. The van der Waals surface area contributed by atoms with Gasteiger partial charge in [-0.1, -0.05) is 0 Å². The van der Waals surface area contributed by atoms with E-state index in [1.165, 1.54) is 6.20 Å². The van der Waals surface area contributed by atoms with Gasteiger partial charge in [0.25, 0.3) is 0 Å². The molecule has 2 aromatic rings. The summed E-state index contributed by atoms with van der Waals surface area (Å²) in [7, 11) is 0. The van der Waals surface area contributed by atoms with Crippen LogP contribution in [0.25, 0.3) is 11.0 Å². The molecule has 0 bridgehead atoms. The smallest absolute Gasteiger partial charge is 0.370 e. The number of aromatic nitrogens is 3. The van der Waals surface area contributed by atoms with Crippen LogP contribution >= 0.6 is 0 Å². The van der Waals surface area contributed by atoms with Gasteiger partial charge in [-0.15, -0.1) is 0 Å². The molecule has 2 rings (SSSR count). The molecule has 2 N–H and O–H groups in total. The Hall–Kier alpha value is -1.79.